The zero-order valence-electron chi connectivity index (χ0n) is 12.4. The van der Waals surface area contributed by atoms with Gasteiger partial charge in [0.05, 0.1) is 12.5 Å². The fraction of sp³-hybridized carbons (Fsp3) is 0.412. The van der Waals surface area contributed by atoms with Crippen LogP contribution in [0.5, 0.6) is 0 Å². The average molecular weight is 318 g/mol. The van der Waals surface area contributed by atoms with Crippen molar-refractivity contribution in [3.05, 3.63) is 40.6 Å². The van der Waals surface area contributed by atoms with Crippen molar-refractivity contribution in [2.75, 3.05) is 7.11 Å². The number of halogens is 1. The SMILES string of the molecule is COC(=O)C1(C)C2CCc3c(-c4ccc(Cl)cc4)noc3C21. The molecule has 0 N–H and O–H groups in total. The molecular weight excluding hydrogens is 302 g/mol. The maximum Gasteiger partial charge on any atom is 0.312 e. The third-order valence-corrected chi connectivity index (χ3v) is 5.51. The molecule has 4 nitrogen and oxygen atoms in total. The summed E-state index contributed by atoms with van der Waals surface area (Å²) in [7, 11) is 1.44. The lowest BCUT2D eigenvalue weighted by Gasteiger charge is -2.08. The highest BCUT2D eigenvalue weighted by Crippen LogP contribution is 2.70. The summed E-state index contributed by atoms with van der Waals surface area (Å²) >= 11 is 5.94. The second kappa shape index (κ2) is 4.59. The highest BCUT2D eigenvalue weighted by Gasteiger charge is 2.70. The van der Waals surface area contributed by atoms with E-state index in [0.29, 0.717) is 10.9 Å². The molecule has 0 aliphatic heterocycles. The number of aromatic nitrogens is 1. The molecule has 22 heavy (non-hydrogen) atoms. The van der Waals surface area contributed by atoms with Gasteiger partial charge in [0.25, 0.3) is 0 Å². The number of ether oxygens (including phenoxy) is 1. The van der Waals surface area contributed by atoms with Gasteiger partial charge < -0.3 is 9.26 Å². The second-order valence-corrected chi connectivity index (χ2v) is 6.71. The quantitative estimate of drug-likeness (QED) is 0.790. The molecule has 0 bridgehead atoms. The molecule has 3 unspecified atom stereocenters. The number of nitrogens with zero attached hydrogens (tertiary/aromatic N) is 1. The van der Waals surface area contributed by atoms with Gasteiger partial charge in [-0.25, -0.2) is 0 Å². The van der Waals surface area contributed by atoms with E-state index < -0.39 is 5.41 Å². The maximum absolute atomic E-state index is 12.1. The monoisotopic (exact) mass is 317 g/mol. The van der Waals surface area contributed by atoms with Crippen LogP contribution in [0, 0.1) is 11.3 Å². The number of fused-ring (bicyclic) bond motifs is 3. The van der Waals surface area contributed by atoms with E-state index in [0.717, 1.165) is 35.4 Å². The molecule has 1 fully saturated rings. The Labute approximate surface area is 133 Å². The van der Waals surface area contributed by atoms with E-state index in [1.807, 2.05) is 31.2 Å². The first-order chi connectivity index (χ1) is 10.6. The number of carbonyl (C=O) groups excluding carboxylic acids is 1. The van der Waals surface area contributed by atoms with E-state index >= 15 is 0 Å². The first-order valence-electron chi connectivity index (χ1n) is 7.40. The van der Waals surface area contributed by atoms with E-state index in [-0.39, 0.29) is 11.9 Å². The van der Waals surface area contributed by atoms with E-state index in [9.17, 15) is 4.79 Å². The molecule has 5 heteroatoms. The van der Waals surface area contributed by atoms with Crippen LogP contribution < -0.4 is 0 Å². The number of methoxy groups -OCH3 is 1. The van der Waals surface area contributed by atoms with E-state index in [2.05, 4.69) is 5.16 Å². The third-order valence-electron chi connectivity index (χ3n) is 5.26. The normalized spacial score (nSPS) is 28.7. The van der Waals surface area contributed by atoms with Crippen LogP contribution in [0.3, 0.4) is 0 Å². The summed E-state index contributed by atoms with van der Waals surface area (Å²) < 4.78 is 10.6. The molecule has 0 saturated heterocycles. The van der Waals surface area contributed by atoms with Crippen LogP contribution in [0.4, 0.5) is 0 Å². The fourth-order valence-corrected chi connectivity index (χ4v) is 4.09. The van der Waals surface area contributed by atoms with Crippen LogP contribution in [0.15, 0.2) is 28.8 Å². The molecule has 1 aromatic carbocycles. The number of rotatable bonds is 2. The standard InChI is InChI=1S/C17H16ClNO3/c1-17(16(20)21-2)12-8-7-11-14(19-22-15(11)13(12)17)9-3-5-10(18)6-4-9/h3-6,12-13H,7-8H2,1-2H3. The lowest BCUT2D eigenvalue weighted by molar-refractivity contribution is -0.147. The predicted octanol–water partition coefficient (Wildman–Crippen LogP) is 3.83. The van der Waals surface area contributed by atoms with Crippen LogP contribution in [0.2, 0.25) is 5.02 Å². The van der Waals surface area contributed by atoms with Gasteiger partial charge in [-0.1, -0.05) is 28.9 Å². The first kappa shape index (κ1) is 13.8. The lowest BCUT2D eigenvalue weighted by atomic mass is 9.94. The van der Waals surface area contributed by atoms with Gasteiger partial charge >= 0.3 is 5.97 Å². The van der Waals surface area contributed by atoms with Gasteiger partial charge in [-0.15, -0.1) is 0 Å². The molecule has 0 amide bonds. The summed E-state index contributed by atoms with van der Waals surface area (Å²) in [5.74, 6) is 1.10. The summed E-state index contributed by atoms with van der Waals surface area (Å²) in [4.78, 5) is 12.1. The van der Waals surface area contributed by atoms with E-state index in [1.165, 1.54) is 7.11 Å². The van der Waals surface area contributed by atoms with E-state index in [1.54, 1.807) is 0 Å². The Kier molecular flexibility index (Phi) is 2.89. The van der Waals surface area contributed by atoms with Crippen molar-refractivity contribution in [2.45, 2.75) is 25.7 Å². The zero-order chi connectivity index (χ0) is 15.5. The van der Waals surface area contributed by atoms with Gasteiger partial charge in [0.15, 0.2) is 0 Å². The summed E-state index contributed by atoms with van der Waals surface area (Å²) in [5.41, 5.74) is 2.52. The largest absolute Gasteiger partial charge is 0.469 e. The third kappa shape index (κ3) is 1.70. The first-order valence-corrected chi connectivity index (χ1v) is 7.78. The van der Waals surface area contributed by atoms with Crippen LogP contribution in [0.1, 0.15) is 30.6 Å². The molecular formula is C17H16ClNO3. The van der Waals surface area contributed by atoms with Crippen LogP contribution >= 0.6 is 11.6 Å². The van der Waals surface area contributed by atoms with Gasteiger partial charge in [0, 0.05) is 22.1 Å². The molecule has 0 radical (unpaired) electrons. The van der Waals surface area contributed by atoms with Gasteiger partial charge in [0.2, 0.25) is 0 Å². The Morgan fingerprint density at radius 2 is 2.14 bits per heavy atom. The van der Waals surface area contributed by atoms with Crippen molar-refractivity contribution < 1.29 is 14.1 Å². The Morgan fingerprint density at radius 3 is 2.82 bits per heavy atom. The Morgan fingerprint density at radius 1 is 1.41 bits per heavy atom. The molecule has 4 rings (SSSR count). The molecule has 3 atom stereocenters. The minimum atomic E-state index is -0.462. The molecule has 2 aliphatic carbocycles. The molecule has 1 heterocycles. The van der Waals surface area contributed by atoms with Gasteiger partial charge in [0.1, 0.15) is 11.5 Å². The van der Waals surface area contributed by atoms with Crippen molar-refractivity contribution in [1.82, 2.24) is 5.16 Å². The molecule has 1 aromatic heterocycles. The topological polar surface area (TPSA) is 52.3 Å². The smallest absolute Gasteiger partial charge is 0.312 e. The predicted molar refractivity (Wildman–Crippen MR) is 81.6 cm³/mol. The minimum absolute atomic E-state index is 0.0947. The number of hydrogen-bond donors (Lipinski definition) is 0. The van der Waals surface area contributed by atoms with Crippen molar-refractivity contribution in [3.63, 3.8) is 0 Å². The summed E-state index contributed by atoms with van der Waals surface area (Å²) in [5, 5.41) is 4.95. The van der Waals surface area contributed by atoms with Crippen molar-refractivity contribution >= 4 is 17.6 Å². The summed E-state index contributed by atoms with van der Waals surface area (Å²) in [6, 6.07) is 7.58. The fourth-order valence-electron chi connectivity index (χ4n) is 3.96. The molecule has 114 valence electrons. The van der Waals surface area contributed by atoms with Gasteiger partial charge in [-0.3, -0.25) is 4.79 Å². The summed E-state index contributed by atoms with van der Waals surface area (Å²) in [6.45, 7) is 1.97. The molecule has 0 spiro atoms. The van der Waals surface area contributed by atoms with Crippen molar-refractivity contribution in [3.8, 4) is 11.3 Å². The highest BCUT2D eigenvalue weighted by atomic mass is 35.5. The van der Waals surface area contributed by atoms with Gasteiger partial charge in [-0.2, -0.15) is 0 Å². The average Bonchev–Trinajstić information content (AvgIpc) is 2.94. The number of esters is 1. The number of benzene rings is 1. The second-order valence-electron chi connectivity index (χ2n) is 6.28. The molecule has 1 saturated carbocycles. The highest BCUT2D eigenvalue weighted by molar-refractivity contribution is 6.30. The van der Waals surface area contributed by atoms with Crippen molar-refractivity contribution in [2.24, 2.45) is 11.3 Å². The molecule has 2 aromatic rings. The molecule has 2 aliphatic rings. The maximum atomic E-state index is 12.1. The zero-order valence-corrected chi connectivity index (χ0v) is 13.2. The summed E-state index contributed by atoms with van der Waals surface area (Å²) in [6.07, 6.45) is 1.84. The van der Waals surface area contributed by atoms with E-state index in [4.69, 9.17) is 20.9 Å². The van der Waals surface area contributed by atoms with Gasteiger partial charge in [-0.05, 0) is 37.8 Å². The Balaban J connectivity index is 1.74. The van der Waals surface area contributed by atoms with Crippen molar-refractivity contribution in [1.29, 1.82) is 0 Å². The number of carbonyl (C=O) groups is 1. The van der Waals surface area contributed by atoms with Crippen LogP contribution in [0.25, 0.3) is 11.3 Å². The number of hydrogen-bond acceptors (Lipinski definition) is 4. The Bertz CT molecular complexity index is 752. The Hall–Kier alpha value is -1.81. The minimum Gasteiger partial charge on any atom is -0.469 e. The van der Waals surface area contributed by atoms with Crippen LogP contribution in [-0.4, -0.2) is 18.2 Å². The lowest BCUT2D eigenvalue weighted by Crippen LogP contribution is -2.17. The van der Waals surface area contributed by atoms with Crippen LogP contribution in [-0.2, 0) is 16.0 Å².